The van der Waals surface area contributed by atoms with Crippen LogP contribution in [0.15, 0.2) is 53.3 Å². The smallest absolute Gasteiger partial charge is 0.271 e. The minimum Gasteiger partial charge on any atom is -0.497 e. The molecule has 0 saturated heterocycles. The zero-order valence-corrected chi connectivity index (χ0v) is 16.7. The summed E-state index contributed by atoms with van der Waals surface area (Å²) >= 11 is 12.7. The van der Waals surface area contributed by atoms with Crippen LogP contribution in [0.3, 0.4) is 0 Å². The third-order valence-corrected chi connectivity index (χ3v) is 5.51. The second-order valence-corrected chi connectivity index (χ2v) is 7.43. The number of H-pyrrole nitrogens is 1. The normalized spacial score (nSPS) is 15.5. The lowest BCUT2D eigenvalue weighted by Gasteiger charge is -2.27. The van der Waals surface area contributed by atoms with E-state index in [-0.39, 0.29) is 17.3 Å². The number of rotatable bonds is 4. The average Bonchev–Trinajstić information content (AvgIpc) is 2.96. The standard InChI is InChI=1S/C21H15Cl2FN2O3/c1-29-13-5-2-11(3-6-13)10-26-20(14-8-12(24)4-7-15(14)22)18-16(23)9-17(27)25-19(18)21(26)28/h2-9,20H,10H2,1H3,(H,25,27). The van der Waals surface area contributed by atoms with Crippen LogP contribution in [0.2, 0.25) is 10.0 Å². The number of nitrogens with one attached hydrogen (secondary N) is 1. The molecule has 8 heteroatoms. The summed E-state index contributed by atoms with van der Waals surface area (Å²) in [5.41, 5.74) is 1.21. The lowest BCUT2D eigenvalue weighted by molar-refractivity contribution is 0.0731. The van der Waals surface area contributed by atoms with Gasteiger partial charge in [0.15, 0.2) is 0 Å². The molecule has 1 amide bonds. The first-order valence-electron chi connectivity index (χ1n) is 8.70. The van der Waals surface area contributed by atoms with Gasteiger partial charge in [0.1, 0.15) is 17.3 Å². The van der Waals surface area contributed by atoms with Gasteiger partial charge in [-0.3, -0.25) is 9.59 Å². The van der Waals surface area contributed by atoms with Gasteiger partial charge in [-0.25, -0.2) is 4.39 Å². The molecule has 1 aliphatic heterocycles. The Kier molecular flexibility index (Phi) is 5.06. The van der Waals surface area contributed by atoms with E-state index in [0.717, 1.165) is 5.56 Å². The Hall–Kier alpha value is -2.83. The number of amides is 1. The van der Waals surface area contributed by atoms with Crippen molar-refractivity contribution in [2.45, 2.75) is 12.6 Å². The number of hydrogen-bond acceptors (Lipinski definition) is 3. The zero-order valence-electron chi connectivity index (χ0n) is 15.2. The summed E-state index contributed by atoms with van der Waals surface area (Å²) in [6, 6.07) is 11.6. The van der Waals surface area contributed by atoms with E-state index < -0.39 is 23.3 Å². The number of hydrogen-bond donors (Lipinski definition) is 1. The van der Waals surface area contributed by atoms with E-state index in [9.17, 15) is 14.0 Å². The van der Waals surface area contributed by atoms with Crippen LogP contribution in [0.4, 0.5) is 4.39 Å². The van der Waals surface area contributed by atoms with Crippen molar-refractivity contribution in [2.24, 2.45) is 0 Å². The molecule has 5 nitrogen and oxygen atoms in total. The van der Waals surface area contributed by atoms with E-state index in [1.807, 2.05) is 12.1 Å². The van der Waals surface area contributed by atoms with Gasteiger partial charge < -0.3 is 14.6 Å². The lowest BCUT2D eigenvalue weighted by Crippen LogP contribution is -2.29. The fourth-order valence-corrected chi connectivity index (χ4v) is 4.05. The molecule has 1 aliphatic rings. The molecule has 0 fully saturated rings. The highest BCUT2D eigenvalue weighted by atomic mass is 35.5. The minimum absolute atomic E-state index is 0.0846. The maximum absolute atomic E-state index is 14.0. The van der Waals surface area contributed by atoms with Crippen LogP contribution in [0.1, 0.15) is 33.2 Å². The van der Waals surface area contributed by atoms with E-state index in [4.69, 9.17) is 27.9 Å². The highest BCUT2D eigenvalue weighted by Crippen LogP contribution is 2.43. The van der Waals surface area contributed by atoms with Crippen LogP contribution < -0.4 is 10.3 Å². The molecule has 1 aromatic heterocycles. The molecule has 3 aromatic rings. The second kappa shape index (κ2) is 7.54. The van der Waals surface area contributed by atoms with E-state index >= 15 is 0 Å². The highest BCUT2D eigenvalue weighted by Gasteiger charge is 2.41. The van der Waals surface area contributed by atoms with E-state index in [1.165, 1.54) is 29.2 Å². The largest absolute Gasteiger partial charge is 0.497 e. The van der Waals surface area contributed by atoms with Gasteiger partial charge in [0.25, 0.3) is 5.91 Å². The van der Waals surface area contributed by atoms with Gasteiger partial charge in [0.2, 0.25) is 5.56 Å². The summed E-state index contributed by atoms with van der Waals surface area (Å²) in [4.78, 5) is 29.1. The first-order chi connectivity index (χ1) is 13.9. The van der Waals surface area contributed by atoms with Gasteiger partial charge >= 0.3 is 0 Å². The SMILES string of the molecule is COc1ccc(CN2C(=O)c3[nH]c(=O)cc(Cl)c3C2c2cc(F)ccc2Cl)cc1. The van der Waals surface area contributed by atoms with Crippen LogP contribution in [0.25, 0.3) is 0 Å². The van der Waals surface area contributed by atoms with Crippen LogP contribution in [-0.2, 0) is 6.54 Å². The maximum Gasteiger partial charge on any atom is 0.271 e. The van der Waals surface area contributed by atoms with E-state index in [2.05, 4.69) is 4.98 Å². The number of aromatic amines is 1. The second-order valence-electron chi connectivity index (χ2n) is 6.62. The number of carbonyl (C=O) groups is 1. The molecule has 0 radical (unpaired) electrons. The fourth-order valence-electron chi connectivity index (χ4n) is 3.53. The molecule has 0 aliphatic carbocycles. The number of methoxy groups -OCH3 is 1. The van der Waals surface area contributed by atoms with Crippen molar-refractivity contribution >= 4 is 29.1 Å². The third-order valence-electron chi connectivity index (χ3n) is 4.86. The molecule has 0 saturated carbocycles. The maximum atomic E-state index is 14.0. The predicted octanol–water partition coefficient (Wildman–Crippen LogP) is 4.57. The molecular formula is C21H15Cl2FN2O3. The van der Waals surface area contributed by atoms with Crippen LogP contribution in [0, 0.1) is 5.82 Å². The summed E-state index contributed by atoms with van der Waals surface area (Å²) < 4.78 is 19.2. The molecule has 4 rings (SSSR count). The van der Waals surface area contributed by atoms with Gasteiger partial charge in [-0.2, -0.15) is 0 Å². The zero-order chi connectivity index (χ0) is 20.7. The molecule has 29 heavy (non-hydrogen) atoms. The van der Waals surface area contributed by atoms with E-state index in [0.29, 0.717) is 21.9 Å². The quantitative estimate of drug-likeness (QED) is 0.656. The van der Waals surface area contributed by atoms with Gasteiger partial charge in [-0.1, -0.05) is 35.3 Å². The number of benzene rings is 2. The number of halogens is 3. The van der Waals surface area contributed by atoms with Gasteiger partial charge in [0.05, 0.1) is 18.2 Å². The Labute approximate surface area is 175 Å². The molecule has 1 N–H and O–H groups in total. The first kappa shape index (κ1) is 19.5. The monoisotopic (exact) mass is 432 g/mol. The van der Waals surface area contributed by atoms with Crippen LogP contribution >= 0.6 is 23.2 Å². The molecule has 1 atom stereocenters. The number of pyridine rings is 1. The summed E-state index contributed by atoms with van der Waals surface area (Å²) in [6.07, 6.45) is 0. The van der Waals surface area contributed by atoms with Gasteiger partial charge in [0, 0.05) is 28.8 Å². The van der Waals surface area contributed by atoms with Crippen molar-refractivity contribution in [1.82, 2.24) is 9.88 Å². The molecule has 148 valence electrons. The molecule has 0 spiro atoms. The molecule has 1 unspecified atom stereocenters. The number of fused-ring (bicyclic) bond motifs is 1. The van der Waals surface area contributed by atoms with Crippen molar-refractivity contribution in [3.05, 3.63) is 97.1 Å². The molecule has 0 bridgehead atoms. The minimum atomic E-state index is -0.743. The Balaban J connectivity index is 1.86. The Morgan fingerprint density at radius 1 is 1.07 bits per heavy atom. The molecule has 2 aromatic carbocycles. The highest BCUT2D eigenvalue weighted by molar-refractivity contribution is 6.33. The van der Waals surface area contributed by atoms with Gasteiger partial charge in [-0.15, -0.1) is 0 Å². The number of ether oxygens (including phenoxy) is 1. The topological polar surface area (TPSA) is 62.4 Å². The summed E-state index contributed by atoms with van der Waals surface area (Å²) in [5.74, 6) is -0.224. The predicted molar refractivity (Wildman–Crippen MR) is 108 cm³/mol. The number of aromatic nitrogens is 1. The lowest BCUT2D eigenvalue weighted by atomic mass is 9.99. The number of nitrogens with zero attached hydrogens (tertiary/aromatic N) is 1. The van der Waals surface area contributed by atoms with Crippen molar-refractivity contribution in [1.29, 1.82) is 0 Å². The molecule has 2 heterocycles. The Morgan fingerprint density at radius 3 is 2.48 bits per heavy atom. The van der Waals surface area contributed by atoms with Crippen molar-refractivity contribution in [3.8, 4) is 5.75 Å². The van der Waals surface area contributed by atoms with Crippen molar-refractivity contribution in [2.75, 3.05) is 7.11 Å². The van der Waals surface area contributed by atoms with Crippen LogP contribution in [-0.4, -0.2) is 22.9 Å². The number of carbonyl (C=O) groups excluding carboxylic acids is 1. The van der Waals surface area contributed by atoms with Crippen molar-refractivity contribution < 1.29 is 13.9 Å². The summed E-state index contributed by atoms with van der Waals surface area (Å²) in [5, 5.41) is 0.415. The molecular weight excluding hydrogens is 418 g/mol. The Morgan fingerprint density at radius 2 is 1.79 bits per heavy atom. The fraction of sp³-hybridized carbons (Fsp3) is 0.143. The third kappa shape index (κ3) is 3.50. The first-order valence-corrected chi connectivity index (χ1v) is 9.46. The van der Waals surface area contributed by atoms with E-state index in [1.54, 1.807) is 19.2 Å². The van der Waals surface area contributed by atoms with Crippen LogP contribution in [0.5, 0.6) is 5.75 Å². The summed E-state index contributed by atoms with van der Waals surface area (Å²) in [7, 11) is 1.57. The Bertz CT molecular complexity index is 1160. The van der Waals surface area contributed by atoms with Crippen molar-refractivity contribution in [3.63, 3.8) is 0 Å². The average molecular weight is 433 g/mol. The van der Waals surface area contributed by atoms with Gasteiger partial charge in [-0.05, 0) is 35.9 Å². The summed E-state index contributed by atoms with van der Waals surface area (Å²) in [6.45, 7) is 0.202.